The Morgan fingerprint density at radius 3 is 2.77 bits per heavy atom. The Morgan fingerprint density at radius 2 is 2.18 bits per heavy atom. The molecule has 0 saturated carbocycles. The van der Waals surface area contributed by atoms with E-state index in [1.54, 1.807) is 0 Å². The van der Waals surface area contributed by atoms with Gasteiger partial charge in [0.1, 0.15) is 18.3 Å². The fourth-order valence-corrected chi connectivity index (χ4v) is 2.39. The van der Waals surface area contributed by atoms with Gasteiger partial charge in [0.25, 0.3) is 11.8 Å². The van der Waals surface area contributed by atoms with Crippen LogP contribution in [0.3, 0.4) is 0 Å². The van der Waals surface area contributed by atoms with Gasteiger partial charge in [-0.2, -0.15) is 0 Å². The predicted molar refractivity (Wildman–Crippen MR) is 74.9 cm³/mol. The van der Waals surface area contributed by atoms with Crippen LogP contribution >= 0.6 is 0 Å². The molecule has 0 radical (unpaired) electrons. The molecule has 0 aromatic heterocycles. The van der Waals surface area contributed by atoms with Gasteiger partial charge in [-0.05, 0) is 12.8 Å². The van der Waals surface area contributed by atoms with Crippen LogP contribution in [-0.2, 0) is 23.9 Å². The summed E-state index contributed by atoms with van der Waals surface area (Å²) in [6.45, 7) is 3.49. The summed E-state index contributed by atoms with van der Waals surface area (Å²) in [6, 6.07) is -0.856. The highest BCUT2D eigenvalue weighted by Crippen LogP contribution is 2.24. The van der Waals surface area contributed by atoms with Crippen molar-refractivity contribution >= 4 is 23.7 Å². The van der Waals surface area contributed by atoms with Crippen LogP contribution < -0.4 is 5.32 Å². The number of rotatable bonds is 4. The van der Waals surface area contributed by atoms with E-state index >= 15 is 0 Å². The molecule has 1 atom stereocenters. The summed E-state index contributed by atoms with van der Waals surface area (Å²) in [5.41, 5.74) is 0.629. The second kappa shape index (κ2) is 6.00. The zero-order valence-electron chi connectivity index (χ0n) is 12.4. The normalized spacial score (nSPS) is 21.6. The molecule has 22 heavy (non-hydrogen) atoms. The smallest absolute Gasteiger partial charge is 0.325 e. The van der Waals surface area contributed by atoms with Crippen molar-refractivity contribution in [2.45, 2.75) is 18.9 Å². The van der Waals surface area contributed by atoms with E-state index in [-0.39, 0.29) is 12.2 Å². The molecule has 0 bridgehead atoms. The lowest BCUT2D eigenvalue weighted by Gasteiger charge is -2.30. The van der Waals surface area contributed by atoms with Gasteiger partial charge >= 0.3 is 5.97 Å². The van der Waals surface area contributed by atoms with Gasteiger partial charge in [0.2, 0.25) is 5.91 Å². The van der Waals surface area contributed by atoms with Crippen LogP contribution in [0, 0.1) is 0 Å². The Balaban J connectivity index is 2.13. The number of ether oxygens (including phenoxy) is 1. The number of nitrogens with one attached hydrogen (secondary N) is 1. The summed E-state index contributed by atoms with van der Waals surface area (Å²) in [6.07, 6.45) is 1.97. The van der Waals surface area contributed by atoms with Crippen LogP contribution in [0.15, 0.2) is 24.0 Å². The molecule has 8 heteroatoms. The summed E-state index contributed by atoms with van der Waals surface area (Å²) in [7, 11) is 2.73. The topological polar surface area (TPSA) is 96.0 Å². The van der Waals surface area contributed by atoms with Gasteiger partial charge < -0.3 is 15.0 Å². The summed E-state index contributed by atoms with van der Waals surface area (Å²) < 4.78 is 4.52. The number of esters is 1. The van der Waals surface area contributed by atoms with Gasteiger partial charge in [0.05, 0.1) is 7.11 Å². The van der Waals surface area contributed by atoms with E-state index in [2.05, 4.69) is 16.6 Å². The Labute approximate surface area is 127 Å². The molecule has 0 aromatic carbocycles. The van der Waals surface area contributed by atoms with E-state index in [1.165, 1.54) is 19.1 Å². The fourth-order valence-electron chi connectivity index (χ4n) is 2.39. The maximum absolute atomic E-state index is 12.4. The standard InChI is InChI=1S/C14H17N3O5/c1-8-4-5-9(13(20)15-8)17-11(18)6-10(14(17)21)16(2)7-12(19)22-3/h6,9H,1,4-5,7H2,2-3H3,(H,15,20). The number of allylic oxidation sites excluding steroid dienone is 1. The van der Waals surface area contributed by atoms with Gasteiger partial charge in [-0.25, -0.2) is 0 Å². The average molecular weight is 307 g/mol. The molecule has 1 unspecified atom stereocenters. The number of hydrogen-bond acceptors (Lipinski definition) is 6. The number of carbonyl (C=O) groups excluding carboxylic acids is 4. The zero-order valence-corrected chi connectivity index (χ0v) is 12.4. The van der Waals surface area contributed by atoms with Crippen LogP contribution in [0.2, 0.25) is 0 Å². The number of amides is 3. The minimum atomic E-state index is -0.856. The van der Waals surface area contributed by atoms with E-state index < -0.39 is 29.7 Å². The molecule has 2 aliphatic rings. The number of likely N-dealkylation sites (N-methyl/N-ethyl adjacent to an activating group) is 1. The third kappa shape index (κ3) is 2.85. The van der Waals surface area contributed by atoms with Crippen molar-refractivity contribution in [1.82, 2.24) is 15.1 Å². The molecule has 1 N–H and O–H groups in total. The maximum atomic E-state index is 12.4. The van der Waals surface area contributed by atoms with Crippen LogP contribution in [0.25, 0.3) is 0 Å². The van der Waals surface area contributed by atoms with E-state index in [0.29, 0.717) is 18.5 Å². The highest BCUT2D eigenvalue weighted by molar-refractivity contribution is 6.18. The lowest BCUT2D eigenvalue weighted by molar-refractivity contribution is -0.147. The number of carbonyl (C=O) groups is 4. The van der Waals surface area contributed by atoms with E-state index in [1.807, 2.05) is 0 Å². The average Bonchev–Trinajstić information content (AvgIpc) is 2.75. The number of piperidine rings is 1. The van der Waals surface area contributed by atoms with Crippen molar-refractivity contribution in [1.29, 1.82) is 0 Å². The van der Waals surface area contributed by atoms with Crippen molar-refractivity contribution in [2.24, 2.45) is 0 Å². The first-order valence-corrected chi connectivity index (χ1v) is 6.71. The van der Waals surface area contributed by atoms with Crippen molar-refractivity contribution in [3.8, 4) is 0 Å². The van der Waals surface area contributed by atoms with E-state index in [4.69, 9.17) is 0 Å². The van der Waals surface area contributed by atoms with Crippen LogP contribution in [0.5, 0.6) is 0 Å². The van der Waals surface area contributed by atoms with Crippen molar-refractivity contribution < 1.29 is 23.9 Å². The Morgan fingerprint density at radius 1 is 1.50 bits per heavy atom. The third-order valence-corrected chi connectivity index (χ3v) is 3.57. The number of hydrogen-bond donors (Lipinski definition) is 1. The summed E-state index contributed by atoms with van der Waals surface area (Å²) in [5.74, 6) is -2.12. The van der Waals surface area contributed by atoms with Crippen LogP contribution in [0.1, 0.15) is 12.8 Å². The molecule has 2 rings (SSSR count). The molecule has 1 saturated heterocycles. The lowest BCUT2D eigenvalue weighted by atomic mass is 10.0. The minimum absolute atomic E-state index is 0.0626. The van der Waals surface area contributed by atoms with Gasteiger partial charge in [-0.15, -0.1) is 0 Å². The van der Waals surface area contributed by atoms with Crippen LogP contribution in [-0.4, -0.2) is 60.2 Å². The second-order valence-electron chi connectivity index (χ2n) is 5.12. The fraction of sp³-hybridized carbons (Fsp3) is 0.429. The van der Waals surface area contributed by atoms with Gasteiger partial charge in [0.15, 0.2) is 0 Å². The molecule has 118 valence electrons. The second-order valence-corrected chi connectivity index (χ2v) is 5.12. The molecule has 8 nitrogen and oxygen atoms in total. The highest BCUT2D eigenvalue weighted by Gasteiger charge is 2.42. The lowest BCUT2D eigenvalue weighted by Crippen LogP contribution is -2.52. The van der Waals surface area contributed by atoms with Gasteiger partial charge in [-0.3, -0.25) is 24.1 Å². The van der Waals surface area contributed by atoms with Crippen LogP contribution in [0.4, 0.5) is 0 Å². The van der Waals surface area contributed by atoms with Crippen molar-refractivity contribution in [2.75, 3.05) is 20.7 Å². The monoisotopic (exact) mass is 307 g/mol. The molecular formula is C14H17N3O5. The molecule has 3 amide bonds. The zero-order chi connectivity index (χ0) is 16.4. The molecule has 2 heterocycles. The molecule has 0 aliphatic carbocycles. The summed E-state index contributed by atoms with van der Waals surface area (Å²) in [5, 5.41) is 2.54. The molecule has 1 fully saturated rings. The largest absolute Gasteiger partial charge is 0.468 e. The SMILES string of the molecule is C=C1CCC(N2C(=O)C=C(N(C)CC(=O)OC)C2=O)C(=O)N1. The third-order valence-electron chi connectivity index (χ3n) is 3.57. The highest BCUT2D eigenvalue weighted by atomic mass is 16.5. The first-order valence-electron chi connectivity index (χ1n) is 6.71. The molecule has 2 aliphatic heterocycles. The first-order chi connectivity index (χ1) is 10.3. The summed E-state index contributed by atoms with van der Waals surface area (Å²) in [4.78, 5) is 49.9. The minimum Gasteiger partial charge on any atom is -0.468 e. The molecular weight excluding hydrogens is 290 g/mol. The van der Waals surface area contributed by atoms with E-state index in [9.17, 15) is 19.2 Å². The Kier molecular flexibility index (Phi) is 4.30. The molecule has 0 aromatic rings. The number of methoxy groups -OCH3 is 1. The Bertz CT molecular complexity index is 595. The van der Waals surface area contributed by atoms with Gasteiger partial charge in [0, 0.05) is 18.8 Å². The number of nitrogens with zero attached hydrogens (tertiary/aromatic N) is 2. The quantitative estimate of drug-likeness (QED) is 0.536. The predicted octanol–water partition coefficient (Wildman–Crippen LogP) is -0.864. The van der Waals surface area contributed by atoms with Gasteiger partial charge in [-0.1, -0.05) is 6.58 Å². The maximum Gasteiger partial charge on any atom is 0.325 e. The molecule has 0 spiro atoms. The Hall–Kier alpha value is -2.64. The van der Waals surface area contributed by atoms with Crippen molar-refractivity contribution in [3.63, 3.8) is 0 Å². The summed E-state index contributed by atoms with van der Waals surface area (Å²) >= 11 is 0. The first kappa shape index (κ1) is 15.7. The van der Waals surface area contributed by atoms with Crippen molar-refractivity contribution in [3.05, 3.63) is 24.0 Å². The number of imide groups is 1. The van der Waals surface area contributed by atoms with E-state index in [0.717, 1.165) is 11.0 Å².